The van der Waals surface area contributed by atoms with Crippen LogP contribution in [-0.2, 0) is 14.0 Å². The van der Waals surface area contributed by atoms with Gasteiger partial charge in [0, 0.05) is 12.7 Å². The Balaban J connectivity index is 3.20. The van der Waals surface area contributed by atoms with Crippen LogP contribution in [0.1, 0.15) is 13.3 Å². The molecule has 0 aromatic carbocycles. The van der Waals surface area contributed by atoms with Crippen molar-refractivity contribution in [1.82, 2.24) is 0 Å². The fourth-order valence-corrected chi connectivity index (χ4v) is 1.33. The molecule has 0 N–H and O–H groups in total. The molecule has 70 valence electrons. The zero-order valence-corrected chi connectivity index (χ0v) is 9.17. The van der Waals surface area contributed by atoms with E-state index in [4.69, 9.17) is 9.16 Å². The molecule has 0 aromatic rings. The van der Waals surface area contributed by atoms with Crippen LogP contribution in [0.4, 0.5) is 0 Å². The smallest absolute Gasteiger partial charge is 0.333 e. The van der Waals surface area contributed by atoms with E-state index in [1.54, 1.807) is 14.0 Å². The quantitative estimate of drug-likeness (QED) is 0.266. The SMILES string of the molecule is C=C(C)C(=O)OCCC[SiH2]OC. The molecule has 0 aliphatic heterocycles. The van der Waals surface area contributed by atoms with E-state index in [0.717, 1.165) is 12.5 Å². The highest BCUT2D eigenvalue weighted by atomic mass is 28.2. The largest absolute Gasteiger partial charge is 0.462 e. The lowest BCUT2D eigenvalue weighted by molar-refractivity contribution is -0.138. The van der Waals surface area contributed by atoms with E-state index in [2.05, 4.69) is 6.58 Å². The average molecular weight is 188 g/mol. The van der Waals surface area contributed by atoms with E-state index in [-0.39, 0.29) is 15.7 Å². The number of esters is 1. The van der Waals surface area contributed by atoms with Crippen molar-refractivity contribution in [2.45, 2.75) is 19.4 Å². The van der Waals surface area contributed by atoms with Gasteiger partial charge in [-0.2, -0.15) is 0 Å². The molecule has 0 amide bonds. The lowest BCUT2D eigenvalue weighted by Crippen LogP contribution is -2.07. The number of rotatable bonds is 6. The molecule has 0 rings (SSSR count). The third-order valence-corrected chi connectivity index (χ3v) is 2.52. The summed E-state index contributed by atoms with van der Waals surface area (Å²) in [6, 6.07) is 1.06. The van der Waals surface area contributed by atoms with Gasteiger partial charge in [0.25, 0.3) is 0 Å². The maximum atomic E-state index is 10.8. The normalized spacial score (nSPS) is 10.5. The van der Waals surface area contributed by atoms with E-state index in [9.17, 15) is 4.79 Å². The first-order valence-corrected chi connectivity index (χ1v) is 5.57. The number of hydrogen-bond acceptors (Lipinski definition) is 3. The second kappa shape index (κ2) is 7.06. The van der Waals surface area contributed by atoms with Gasteiger partial charge < -0.3 is 9.16 Å². The van der Waals surface area contributed by atoms with Crippen molar-refractivity contribution in [3.05, 3.63) is 12.2 Å². The Morgan fingerprint density at radius 2 is 2.25 bits per heavy atom. The zero-order chi connectivity index (χ0) is 9.40. The molecule has 0 spiro atoms. The van der Waals surface area contributed by atoms with Gasteiger partial charge in [0.15, 0.2) is 9.76 Å². The number of hydrogen-bond donors (Lipinski definition) is 0. The second-order valence-electron chi connectivity index (χ2n) is 2.62. The first-order chi connectivity index (χ1) is 5.68. The third-order valence-electron chi connectivity index (χ3n) is 1.32. The highest BCUT2D eigenvalue weighted by Crippen LogP contribution is 1.95. The molecular weight excluding hydrogens is 172 g/mol. The number of carbonyl (C=O) groups excluding carboxylic acids is 1. The van der Waals surface area contributed by atoms with Gasteiger partial charge in [-0.25, -0.2) is 4.79 Å². The summed E-state index contributed by atoms with van der Waals surface area (Å²) in [6.07, 6.45) is 0.902. The van der Waals surface area contributed by atoms with E-state index in [1.165, 1.54) is 0 Å². The first-order valence-electron chi connectivity index (χ1n) is 4.00. The van der Waals surface area contributed by atoms with Crippen LogP contribution in [0.2, 0.25) is 6.04 Å². The molecule has 0 aromatic heterocycles. The summed E-state index contributed by atoms with van der Waals surface area (Å²) in [5, 5.41) is 0. The number of carbonyl (C=O) groups is 1. The van der Waals surface area contributed by atoms with Gasteiger partial charge in [-0.15, -0.1) is 0 Å². The van der Waals surface area contributed by atoms with Gasteiger partial charge in [0.2, 0.25) is 0 Å². The molecule has 3 nitrogen and oxygen atoms in total. The fraction of sp³-hybridized carbons (Fsp3) is 0.625. The average Bonchev–Trinajstić information content (AvgIpc) is 2.03. The molecule has 0 atom stereocenters. The molecule has 0 aliphatic carbocycles. The predicted molar refractivity (Wildman–Crippen MR) is 50.8 cm³/mol. The summed E-state index contributed by atoms with van der Waals surface area (Å²) < 4.78 is 9.86. The summed E-state index contributed by atoms with van der Waals surface area (Å²) >= 11 is 0. The maximum Gasteiger partial charge on any atom is 0.333 e. The molecule has 0 bridgehead atoms. The lowest BCUT2D eigenvalue weighted by Gasteiger charge is -2.02. The maximum absolute atomic E-state index is 10.8. The molecule has 0 saturated heterocycles. The van der Waals surface area contributed by atoms with E-state index in [0.29, 0.717) is 12.2 Å². The number of ether oxygens (including phenoxy) is 1. The Kier molecular flexibility index (Phi) is 6.70. The van der Waals surface area contributed by atoms with Crippen LogP contribution in [0.25, 0.3) is 0 Å². The molecule has 0 radical (unpaired) electrons. The Morgan fingerprint density at radius 3 is 2.75 bits per heavy atom. The van der Waals surface area contributed by atoms with Gasteiger partial charge in [0.05, 0.1) is 6.61 Å². The van der Waals surface area contributed by atoms with Crippen LogP contribution >= 0.6 is 0 Å². The van der Waals surface area contributed by atoms with Crippen molar-refractivity contribution in [2.75, 3.05) is 13.7 Å². The molecule has 0 heterocycles. The van der Waals surface area contributed by atoms with Gasteiger partial charge >= 0.3 is 5.97 Å². The van der Waals surface area contributed by atoms with Gasteiger partial charge in [0.1, 0.15) is 0 Å². The zero-order valence-electron chi connectivity index (χ0n) is 7.76. The highest BCUT2D eigenvalue weighted by Gasteiger charge is 2.01. The Labute approximate surface area is 75.7 Å². The van der Waals surface area contributed by atoms with Gasteiger partial charge in [-0.1, -0.05) is 6.58 Å². The van der Waals surface area contributed by atoms with Crippen LogP contribution in [0.15, 0.2) is 12.2 Å². The van der Waals surface area contributed by atoms with Crippen LogP contribution in [0, 0.1) is 0 Å². The van der Waals surface area contributed by atoms with Crippen molar-refractivity contribution in [3.8, 4) is 0 Å². The van der Waals surface area contributed by atoms with Crippen molar-refractivity contribution < 1.29 is 14.0 Å². The standard InChI is InChI=1S/C8H16O3Si/c1-7(2)8(9)11-5-4-6-12-10-3/h1,4-6,12H2,2-3H3. The van der Waals surface area contributed by atoms with Gasteiger partial charge in [-0.05, 0) is 19.4 Å². The molecule has 0 unspecified atom stereocenters. The van der Waals surface area contributed by atoms with Crippen molar-refractivity contribution in [1.29, 1.82) is 0 Å². The summed E-state index contributed by atoms with van der Waals surface area (Å²) in [4.78, 5) is 10.8. The summed E-state index contributed by atoms with van der Waals surface area (Å²) in [5.41, 5.74) is 0.457. The molecule has 0 fully saturated rings. The summed E-state index contributed by atoms with van der Waals surface area (Å²) in [5.74, 6) is -0.297. The Hall–Kier alpha value is -0.613. The topological polar surface area (TPSA) is 35.5 Å². The Bertz CT molecular complexity index is 156. The summed E-state index contributed by atoms with van der Waals surface area (Å²) in [6.45, 7) is 5.61. The lowest BCUT2D eigenvalue weighted by atomic mass is 10.4. The monoisotopic (exact) mass is 188 g/mol. The van der Waals surface area contributed by atoms with Crippen LogP contribution in [0.5, 0.6) is 0 Å². The molecule has 0 saturated carbocycles. The third kappa shape index (κ3) is 6.12. The summed E-state index contributed by atoms with van der Waals surface area (Å²) in [7, 11) is 1.36. The van der Waals surface area contributed by atoms with Crippen molar-refractivity contribution >= 4 is 15.7 Å². The molecule has 0 aliphatic rings. The van der Waals surface area contributed by atoms with Crippen molar-refractivity contribution in [2.24, 2.45) is 0 Å². The fourth-order valence-electron chi connectivity index (χ4n) is 0.637. The minimum Gasteiger partial charge on any atom is -0.462 e. The Morgan fingerprint density at radius 1 is 1.58 bits per heavy atom. The highest BCUT2D eigenvalue weighted by molar-refractivity contribution is 6.26. The second-order valence-corrected chi connectivity index (χ2v) is 4.31. The van der Waals surface area contributed by atoms with E-state index >= 15 is 0 Å². The first kappa shape index (κ1) is 11.4. The molecule has 12 heavy (non-hydrogen) atoms. The van der Waals surface area contributed by atoms with Crippen LogP contribution in [0.3, 0.4) is 0 Å². The molecular formula is C8H16O3Si. The van der Waals surface area contributed by atoms with Crippen LogP contribution < -0.4 is 0 Å². The molecule has 4 heteroatoms. The predicted octanol–water partition coefficient (Wildman–Crippen LogP) is 0.644. The van der Waals surface area contributed by atoms with Crippen LogP contribution in [-0.4, -0.2) is 29.4 Å². The van der Waals surface area contributed by atoms with Gasteiger partial charge in [-0.3, -0.25) is 0 Å². The minimum absolute atomic E-state index is 0.297. The van der Waals surface area contributed by atoms with E-state index in [1.807, 2.05) is 0 Å². The minimum atomic E-state index is -0.356. The van der Waals surface area contributed by atoms with E-state index < -0.39 is 0 Å². The van der Waals surface area contributed by atoms with Crippen molar-refractivity contribution in [3.63, 3.8) is 0 Å².